The number of anilines is 2. The van der Waals surface area contributed by atoms with Gasteiger partial charge in [0.2, 0.25) is 0 Å². The predicted molar refractivity (Wildman–Crippen MR) is 73.4 cm³/mol. The van der Waals surface area contributed by atoms with Crippen LogP contribution in [0, 0.1) is 6.92 Å². The fraction of sp³-hybridized carbons (Fsp3) is 0.0909. The molecular weight excluding hydrogens is 302 g/mol. The second-order valence-electron chi connectivity index (χ2n) is 3.43. The van der Waals surface area contributed by atoms with Gasteiger partial charge in [-0.05, 0) is 25.1 Å². The van der Waals surface area contributed by atoms with Crippen LogP contribution >= 0.6 is 27.3 Å². The van der Waals surface area contributed by atoms with Crippen LogP contribution in [0.15, 0.2) is 28.9 Å². The summed E-state index contributed by atoms with van der Waals surface area (Å²) < 4.78 is 0.877. The number of nitrogens with two attached hydrogens (primary N) is 1. The molecule has 2 rings (SSSR count). The molecule has 1 aromatic carbocycles. The van der Waals surface area contributed by atoms with Gasteiger partial charge in [0.1, 0.15) is 4.88 Å². The number of hydrogen-bond acceptors (Lipinski definition) is 4. The maximum atomic E-state index is 11.9. The first-order valence-corrected chi connectivity index (χ1v) is 6.46. The van der Waals surface area contributed by atoms with Crippen molar-refractivity contribution < 1.29 is 4.79 Å². The zero-order valence-electron chi connectivity index (χ0n) is 9.03. The van der Waals surface area contributed by atoms with Gasteiger partial charge in [0.05, 0.1) is 22.6 Å². The van der Waals surface area contributed by atoms with Gasteiger partial charge in [0, 0.05) is 4.47 Å². The van der Waals surface area contributed by atoms with E-state index in [1.54, 1.807) is 18.3 Å². The first-order chi connectivity index (χ1) is 8.06. The Bertz CT molecular complexity index is 568. The van der Waals surface area contributed by atoms with Crippen molar-refractivity contribution in [2.45, 2.75) is 6.92 Å². The Hall–Kier alpha value is -1.40. The molecule has 0 atom stereocenters. The average molecular weight is 312 g/mol. The standard InChI is InChI=1S/C11H10BrN3OS/c1-6-14-5-10(17-6)11(16)15-9-3-2-7(12)4-8(9)13/h2-5H,13H2,1H3,(H,15,16). The summed E-state index contributed by atoms with van der Waals surface area (Å²) in [4.78, 5) is 16.5. The molecule has 0 spiro atoms. The van der Waals surface area contributed by atoms with Gasteiger partial charge in [-0.25, -0.2) is 4.98 Å². The Balaban J connectivity index is 2.18. The van der Waals surface area contributed by atoms with E-state index in [0.29, 0.717) is 16.3 Å². The molecule has 0 unspecified atom stereocenters. The summed E-state index contributed by atoms with van der Waals surface area (Å²) in [6.45, 7) is 1.86. The molecule has 0 aliphatic heterocycles. The van der Waals surface area contributed by atoms with E-state index >= 15 is 0 Å². The van der Waals surface area contributed by atoms with Crippen LogP contribution in [0.4, 0.5) is 11.4 Å². The van der Waals surface area contributed by atoms with Crippen molar-refractivity contribution in [2.24, 2.45) is 0 Å². The fourth-order valence-corrected chi connectivity index (χ4v) is 2.35. The second kappa shape index (κ2) is 4.85. The van der Waals surface area contributed by atoms with E-state index in [4.69, 9.17) is 5.73 Å². The Morgan fingerprint density at radius 2 is 2.29 bits per heavy atom. The highest BCUT2D eigenvalue weighted by Crippen LogP contribution is 2.24. The predicted octanol–water partition coefficient (Wildman–Crippen LogP) is 3.05. The Kier molecular flexibility index (Phi) is 3.44. The van der Waals surface area contributed by atoms with Crippen molar-refractivity contribution in [1.29, 1.82) is 0 Å². The van der Waals surface area contributed by atoms with Crippen LogP contribution < -0.4 is 11.1 Å². The number of benzene rings is 1. The van der Waals surface area contributed by atoms with Crippen LogP contribution in [-0.2, 0) is 0 Å². The van der Waals surface area contributed by atoms with Gasteiger partial charge in [-0.3, -0.25) is 4.79 Å². The van der Waals surface area contributed by atoms with E-state index in [-0.39, 0.29) is 5.91 Å². The zero-order chi connectivity index (χ0) is 12.4. The molecule has 0 aliphatic carbocycles. The number of carbonyl (C=O) groups excluding carboxylic acids is 1. The molecule has 0 saturated carbocycles. The minimum absolute atomic E-state index is 0.190. The summed E-state index contributed by atoms with van der Waals surface area (Å²) in [5, 5.41) is 3.61. The number of halogens is 1. The van der Waals surface area contributed by atoms with Crippen molar-refractivity contribution in [2.75, 3.05) is 11.1 Å². The van der Waals surface area contributed by atoms with E-state index in [9.17, 15) is 4.79 Å². The van der Waals surface area contributed by atoms with Crippen LogP contribution in [0.3, 0.4) is 0 Å². The summed E-state index contributed by atoms with van der Waals surface area (Å²) in [7, 11) is 0. The van der Waals surface area contributed by atoms with Crippen molar-refractivity contribution in [3.05, 3.63) is 38.8 Å². The molecule has 0 fully saturated rings. The monoisotopic (exact) mass is 311 g/mol. The molecule has 4 nitrogen and oxygen atoms in total. The number of carbonyl (C=O) groups is 1. The minimum atomic E-state index is -0.190. The maximum Gasteiger partial charge on any atom is 0.267 e. The molecular formula is C11H10BrN3OS. The average Bonchev–Trinajstić information content (AvgIpc) is 2.69. The lowest BCUT2D eigenvalue weighted by molar-refractivity contribution is 0.103. The SMILES string of the molecule is Cc1ncc(C(=O)Nc2ccc(Br)cc2N)s1. The van der Waals surface area contributed by atoms with E-state index in [2.05, 4.69) is 26.2 Å². The highest BCUT2D eigenvalue weighted by molar-refractivity contribution is 9.10. The summed E-state index contributed by atoms with van der Waals surface area (Å²) >= 11 is 4.66. The summed E-state index contributed by atoms with van der Waals surface area (Å²) in [6, 6.07) is 5.32. The number of hydrogen-bond donors (Lipinski definition) is 2. The number of thiazole rings is 1. The molecule has 0 saturated heterocycles. The maximum absolute atomic E-state index is 11.9. The highest BCUT2D eigenvalue weighted by atomic mass is 79.9. The second-order valence-corrected chi connectivity index (χ2v) is 5.58. The third-order valence-electron chi connectivity index (χ3n) is 2.11. The molecule has 17 heavy (non-hydrogen) atoms. The summed E-state index contributed by atoms with van der Waals surface area (Å²) in [6.07, 6.45) is 1.56. The normalized spacial score (nSPS) is 10.2. The zero-order valence-corrected chi connectivity index (χ0v) is 11.4. The topological polar surface area (TPSA) is 68.0 Å². The molecule has 1 aromatic heterocycles. The minimum Gasteiger partial charge on any atom is -0.397 e. The molecule has 3 N–H and O–H groups in total. The molecule has 1 heterocycles. The van der Waals surface area contributed by atoms with Gasteiger partial charge in [0.25, 0.3) is 5.91 Å². The smallest absolute Gasteiger partial charge is 0.267 e. The third kappa shape index (κ3) is 2.83. The molecule has 0 radical (unpaired) electrons. The molecule has 1 amide bonds. The number of aryl methyl sites for hydroxylation is 1. The number of rotatable bonds is 2. The van der Waals surface area contributed by atoms with E-state index < -0.39 is 0 Å². The Morgan fingerprint density at radius 1 is 1.53 bits per heavy atom. The molecule has 6 heteroatoms. The van der Waals surface area contributed by atoms with Crippen LogP contribution in [0.1, 0.15) is 14.7 Å². The number of nitrogens with one attached hydrogen (secondary N) is 1. The van der Waals surface area contributed by atoms with Gasteiger partial charge in [-0.15, -0.1) is 11.3 Å². The molecule has 2 aromatic rings. The van der Waals surface area contributed by atoms with E-state index in [1.807, 2.05) is 13.0 Å². The lowest BCUT2D eigenvalue weighted by atomic mass is 10.2. The fourth-order valence-electron chi connectivity index (χ4n) is 1.30. The first-order valence-electron chi connectivity index (χ1n) is 4.85. The lowest BCUT2D eigenvalue weighted by Crippen LogP contribution is -2.11. The number of amides is 1. The van der Waals surface area contributed by atoms with Gasteiger partial charge in [0.15, 0.2) is 0 Å². The third-order valence-corrected chi connectivity index (χ3v) is 3.51. The van der Waals surface area contributed by atoms with E-state index in [0.717, 1.165) is 9.48 Å². The van der Waals surface area contributed by atoms with Crippen LogP contribution in [0.25, 0.3) is 0 Å². The summed E-state index contributed by atoms with van der Waals surface area (Å²) in [5.74, 6) is -0.190. The Labute approximate surface area is 111 Å². The van der Waals surface area contributed by atoms with Crippen molar-refractivity contribution >= 4 is 44.5 Å². The largest absolute Gasteiger partial charge is 0.397 e. The number of aromatic nitrogens is 1. The van der Waals surface area contributed by atoms with Crippen molar-refractivity contribution in [3.8, 4) is 0 Å². The lowest BCUT2D eigenvalue weighted by Gasteiger charge is -2.06. The highest BCUT2D eigenvalue weighted by Gasteiger charge is 2.10. The summed E-state index contributed by atoms with van der Waals surface area (Å²) in [5.41, 5.74) is 6.92. The van der Waals surface area contributed by atoms with Gasteiger partial charge < -0.3 is 11.1 Å². The number of nitrogens with zero attached hydrogens (tertiary/aromatic N) is 1. The number of nitrogen functional groups attached to an aromatic ring is 1. The van der Waals surface area contributed by atoms with Gasteiger partial charge in [-0.2, -0.15) is 0 Å². The van der Waals surface area contributed by atoms with Gasteiger partial charge >= 0.3 is 0 Å². The van der Waals surface area contributed by atoms with Crippen molar-refractivity contribution in [1.82, 2.24) is 4.98 Å². The molecule has 0 bridgehead atoms. The first kappa shape index (κ1) is 12.1. The Morgan fingerprint density at radius 3 is 2.88 bits per heavy atom. The van der Waals surface area contributed by atoms with Crippen LogP contribution in [0.2, 0.25) is 0 Å². The molecule has 0 aliphatic rings. The van der Waals surface area contributed by atoms with E-state index in [1.165, 1.54) is 11.3 Å². The van der Waals surface area contributed by atoms with Crippen molar-refractivity contribution in [3.63, 3.8) is 0 Å². The van der Waals surface area contributed by atoms with Gasteiger partial charge in [-0.1, -0.05) is 15.9 Å². The quantitative estimate of drug-likeness (QED) is 0.838. The molecule has 88 valence electrons. The van der Waals surface area contributed by atoms with Crippen LogP contribution in [0.5, 0.6) is 0 Å². The van der Waals surface area contributed by atoms with Crippen LogP contribution in [-0.4, -0.2) is 10.9 Å².